The number of hydrogen-bond donors (Lipinski definition) is 2. The Bertz CT molecular complexity index is 852. The minimum atomic E-state index is -3.91. The number of halogens is 1. The van der Waals surface area contributed by atoms with E-state index < -0.39 is 10.0 Å². The third-order valence-electron chi connectivity index (χ3n) is 3.87. The third-order valence-corrected chi connectivity index (χ3v) is 5.73. The van der Waals surface area contributed by atoms with E-state index in [2.05, 4.69) is 10.0 Å². The van der Waals surface area contributed by atoms with Gasteiger partial charge in [0, 0.05) is 17.3 Å². The standard InChI is InChI=1S/C18H21ClN2O3S/c1-12(2)13(3)20-18(22)14-9-10-16(19)17(11-14)25(23,24)21-15-7-5-4-6-8-15/h4-13,21H,1-3H3,(H,20,22). The molecule has 1 atom stereocenters. The van der Waals surface area contributed by atoms with Crippen LogP contribution >= 0.6 is 11.6 Å². The van der Waals surface area contributed by atoms with Gasteiger partial charge in [-0.15, -0.1) is 0 Å². The SMILES string of the molecule is CC(C)C(C)NC(=O)c1ccc(Cl)c(S(=O)(=O)Nc2ccccc2)c1. The molecule has 0 saturated carbocycles. The van der Waals surface area contributed by atoms with Crippen LogP contribution < -0.4 is 10.0 Å². The van der Waals surface area contributed by atoms with E-state index in [0.29, 0.717) is 5.69 Å². The van der Waals surface area contributed by atoms with Gasteiger partial charge in [-0.1, -0.05) is 43.6 Å². The van der Waals surface area contributed by atoms with Crippen LogP contribution in [0, 0.1) is 5.92 Å². The van der Waals surface area contributed by atoms with Gasteiger partial charge in [0.1, 0.15) is 4.90 Å². The molecule has 0 aliphatic heterocycles. The molecule has 0 aromatic heterocycles. The van der Waals surface area contributed by atoms with E-state index in [1.54, 1.807) is 30.3 Å². The maximum Gasteiger partial charge on any atom is 0.263 e. The molecular formula is C18H21ClN2O3S. The fourth-order valence-corrected chi connectivity index (χ4v) is 3.61. The molecule has 1 amide bonds. The lowest BCUT2D eigenvalue weighted by atomic mass is 10.1. The second-order valence-corrected chi connectivity index (χ2v) is 8.18. The van der Waals surface area contributed by atoms with E-state index in [1.807, 2.05) is 20.8 Å². The van der Waals surface area contributed by atoms with Gasteiger partial charge in [0.25, 0.3) is 15.9 Å². The average Bonchev–Trinajstić information content (AvgIpc) is 2.55. The van der Waals surface area contributed by atoms with E-state index in [9.17, 15) is 13.2 Å². The number of benzene rings is 2. The monoisotopic (exact) mass is 380 g/mol. The minimum absolute atomic E-state index is 0.0364. The van der Waals surface area contributed by atoms with Gasteiger partial charge >= 0.3 is 0 Å². The Morgan fingerprint density at radius 3 is 2.28 bits per heavy atom. The predicted molar refractivity (Wildman–Crippen MR) is 100 cm³/mol. The summed E-state index contributed by atoms with van der Waals surface area (Å²) in [6, 6.07) is 12.7. The van der Waals surface area contributed by atoms with Crippen molar-refractivity contribution in [2.75, 3.05) is 4.72 Å². The largest absolute Gasteiger partial charge is 0.349 e. The zero-order valence-electron chi connectivity index (χ0n) is 14.3. The molecule has 0 saturated heterocycles. The molecule has 2 aromatic rings. The summed E-state index contributed by atoms with van der Waals surface area (Å²) in [5.74, 6) is -0.0757. The highest BCUT2D eigenvalue weighted by Gasteiger charge is 2.21. The fraction of sp³-hybridized carbons (Fsp3) is 0.278. The number of rotatable bonds is 6. The molecule has 2 N–H and O–H groups in total. The molecule has 0 heterocycles. The zero-order chi connectivity index (χ0) is 18.6. The summed E-state index contributed by atoms with van der Waals surface area (Å²) in [6.07, 6.45) is 0. The lowest BCUT2D eigenvalue weighted by Gasteiger charge is -2.18. The zero-order valence-corrected chi connectivity index (χ0v) is 15.9. The van der Waals surface area contributed by atoms with Crippen LogP contribution in [0.4, 0.5) is 5.69 Å². The molecule has 0 radical (unpaired) electrons. The van der Waals surface area contributed by atoms with E-state index in [-0.39, 0.29) is 33.3 Å². The summed E-state index contributed by atoms with van der Waals surface area (Å²) in [6.45, 7) is 5.88. The highest BCUT2D eigenvalue weighted by atomic mass is 35.5. The molecule has 0 fully saturated rings. The molecule has 7 heteroatoms. The van der Waals surface area contributed by atoms with E-state index in [1.165, 1.54) is 18.2 Å². The van der Waals surface area contributed by atoms with E-state index >= 15 is 0 Å². The fourth-order valence-electron chi connectivity index (χ4n) is 2.02. The molecule has 25 heavy (non-hydrogen) atoms. The van der Waals surface area contributed by atoms with Crippen LogP contribution in [-0.4, -0.2) is 20.4 Å². The van der Waals surface area contributed by atoms with Crippen molar-refractivity contribution < 1.29 is 13.2 Å². The Hall–Kier alpha value is -2.05. The molecule has 134 valence electrons. The van der Waals surface area contributed by atoms with Crippen LogP contribution in [0.2, 0.25) is 5.02 Å². The van der Waals surface area contributed by atoms with Crippen LogP contribution in [0.3, 0.4) is 0 Å². The molecule has 2 rings (SSSR count). The molecule has 1 unspecified atom stereocenters. The normalized spacial score (nSPS) is 12.7. The third kappa shape index (κ3) is 4.96. The second-order valence-electron chi connectivity index (χ2n) is 6.12. The number of amides is 1. The maximum atomic E-state index is 12.6. The summed E-state index contributed by atoms with van der Waals surface area (Å²) in [5, 5.41) is 2.90. The molecule has 0 bridgehead atoms. The predicted octanol–water partition coefficient (Wildman–Crippen LogP) is 3.92. The van der Waals surface area contributed by atoms with Gasteiger partial charge < -0.3 is 5.32 Å². The quantitative estimate of drug-likeness (QED) is 0.797. The van der Waals surface area contributed by atoms with Crippen molar-refractivity contribution in [3.05, 3.63) is 59.1 Å². The summed E-state index contributed by atoms with van der Waals surface area (Å²) >= 11 is 6.06. The smallest absolute Gasteiger partial charge is 0.263 e. The van der Waals surface area contributed by atoms with Crippen LogP contribution in [0.5, 0.6) is 0 Å². The number of carbonyl (C=O) groups is 1. The first-order valence-electron chi connectivity index (χ1n) is 7.89. The minimum Gasteiger partial charge on any atom is -0.349 e. The first kappa shape index (κ1) is 19.3. The number of nitrogens with one attached hydrogen (secondary N) is 2. The highest BCUT2D eigenvalue weighted by Crippen LogP contribution is 2.25. The van der Waals surface area contributed by atoms with Crippen molar-refractivity contribution in [1.29, 1.82) is 0 Å². The average molecular weight is 381 g/mol. The van der Waals surface area contributed by atoms with Gasteiger partial charge in [-0.25, -0.2) is 8.42 Å². The first-order chi connectivity index (χ1) is 11.7. The number of para-hydroxylation sites is 1. The summed E-state index contributed by atoms with van der Waals surface area (Å²) < 4.78 is 27.7. The van der Waals surface area contributed by atoms with Crippen LogP contribution in [0.15, 0.2) is 53.4 Å². The Kier molecular flexibility index (Phi) is 6.08. The summed E-state index contributed by atoms with van der Waals surface area (Å²) in [7, 11) is -3.91. The first-order valence-corrected chi connectivity index (χ1v) is 9.75. The Labute approximate surface area is 153 Å². The van der Waals surface area contributed by atoms with Crippen molar-refractivity contribution in [3.8, 4) is 0 Å². The highest BCUT2D eigenvalue weighted by molar-refractivity contribution is 7.92. The van der Waals surface area contributed by atoms with Crippen LogP contribution in [0.25, 0.3) is 0 Å². The van der Waals surface area contributed by atoms with Gasteiger partial charge in [0.15, 0.2) is 0 Å². The van der Waals surface area contributed by atoms with Crippen molar-refractivity contribution in [1.82, 2.24) is 5.32 Å². The molecular weight excluding hydrogens is 360 g/mol. The molecule has 0 aliphatic rings. The van der Waals surface area contributed by atoms with E-state index in [4.69, 9.17) is 11.6 Å². The van der Waals surface area contributed by atoms with Crippen molar-refractivity contribution >= 4 is 33.2 Å². The van der Waals surface area contributed by atoms with Crippen molar-refractivity contribution in [3.63, 3.8) is 0 Å². The lowest BCUT2D eigenvalue weighted by Crippen LogP contribution is -2.36. The van der Waals surface area contributed by atoms with Gasteiger partial charge in [0.2, 0.25) is 0 Å². The Morgan fingerprint density at radius 1 is 1.04 bits per heavy atom. The van der Waals surface area contributed by atoms with Gasteiger partial charge in [-0.2, -0.15) is 0 Å². The van der Waals surface area contributed by atoms with Crippen molar-refractivity contribution in [2.45, 2.75) is 31.7 Å². The number of sulfonamides is 1. The summed E-state index contributed by atoms with van der Waals surface area (Å²) in [5.41, 5.74) is 0.659. The number of anilines is 1. The molecule has 5 nitrogen and oxygen atoms in total. The van der Waals surface area contributed by atoms with E-state index in [0.717, 1.165) is 0 Å². The lowest BCUT2D eigenvalue weighted by molar-refractivity contribution is 0.0930. The second kappa shape index (κ2) is 7.89. The molecule has 0 spiro atoms. The van der Waals surface area contributed by atoms with Gasteiger partial charge in [0.05, 0.1) is 5.02 Å². The Balaban J connectivity index is 2.31. The van der Waals surface area contributed by atoms with Gasteiger partial charge in [-0.05, 0) is 43.2 Å². The topological polar surface area (TPSA) is 75.3 Å². The number of hydrogen-bond acceptors (Lipinski definition) is 3. The molecule has 0 aliphatic carbocycles. The van der Waals surface area contributed by atoms with Gasteiger partial charge in [-0.3, -0.25) is 9.52 Å². The number of carbonyl (C=O) groups excluding carboxylic acids is 1. The maximum absolute atomic E-state index is 12.6. The Morgan fingerprint density at radius 2 is 1.68 bits per heavy atom. The molecule has 2 aromatic carbocycles. The summed E-state index contributed by atoms with van der Waals surface area (Å²) in [4.78, 5) is 12.2. The van der Waals surface area contributed by atoms with Crippen LogP contribution in [-0.2, 0) is 10.0 Å². The van der Waals surface area contributed by atoms with Crippen molar-refractivity contribution in [2.24, 2.45) is 5.92 Å². The van der Waals surface area contributed by atoms with Crippen LogP contribution in [0.1, 0.15) is 31.1 Å².